The van der Waals surface area contributed by atoms with Gasteiger partial charge in [0.15, 0.2) is 0 Å². The summed E-state index contributed by atoms with van der Waals surface area (Å²) < 4.78 is 29.2. The minimum Gasteiger partial charge on any atom is -0.478 e. The van der Waals surface area contributed by atoms with Gasteiger partial charge in [0.1, 0.15) is 5.69 Å². The number of hydrogen-bond acceptors (Lipinski definition) is 5. The first kappa shape index (κ1) is 21.9. The van der Waals surface area contributed by atoms with Crippen molar-refractivity contribution < 1.29 is 18.3 Å². The van der Waals surface area contributed by atoms with Crippen LogP contribution in [-0.4, -0.2) is 34.5 Å². The molecule has 0 atom stereocenters. The number of carbonyl (C=O) groups is 1. The third-order valence-corrected chi connectivity index (χ3v) is 7.20. The summed E-state index contributed by atoms with van der Waals surface area (Å²) in [5.74, 6) is -1.10. The van der Waals surface area contributed by atoms with Crippen molar-refractivity contribution in [2.75, 3.05) is 0 Å². The Bertz CT molecular complexity index is 1400. The molecule has 7 nitrogen and oxygen atoms in total. The zero-order valence-corrected chi connectivity index (χ0v) is 19.3. The summed E-state index contributed by atoms with van der Waals surface area (Å²) in [6.45, 7) is 1.99. The summed E-state index contributed by atoms with van der Waals surface area (Å²) in [7, 11) is -3.99. The van der Waals surface area contributed by atoms with E-state index in [0.29, 0.717) is 11.3 Å². The molecule has 9 heteroatoms. The van der Waals surface area contributed by atoms with E-state index in [1.54, 1.807) is 60.7 Å². The molecule has 1 heterocycles. The number of nitrogens with zero attached hydrogens (tertiary/aromatic N) is 3. The van der Waals surface area contributed by atoms with E-state index in [0.717, 1.165) is 16.5 Å². The van der Waals surface area contributed by atoms with Crippen molar-refractivity contribution in [3.05, 3.63) is 88.4 Å². The average molecular weight is 512 g/mol. The second-order valence-corrected chi connectivity index (χ2v) is 9.80. The van der Waals surface area contributed by atoms with Crippen molar-refractivity contribution in [2.45, 2.75) is 23.3 Å². The van der Waals surface area contributed by atoms with E-state index < -0.39 is 15.8 Å². The van der Waals surface area contributed by atoms with Crippen LogP contribution < -0.4 is 0 Å². The van der Waals surface area contributed by atoms with Crippen LogP contribution in [0.5, 0.6) is 0 Å². The molecule has 0 aliphatic rings. The lowest BCUT2D eigenvalue weighted by Gasteiger charge is -2.10. The van der Waals surface area contributed by atoms with Crippen LogP contribution in [0.2, 0.25) is 0 Å². The Morgan fingerprint density at radius 3 is 2.34 bits per heavy atom. The Kier molecular flexibility index (Phi) is 5.94. The molecule has 0 saturated heterocycles. The molecule has 0 unspecified atom stereocenters. The predicted octanol–water partition coefficient (Wildman–Crippen LogP) is 4.79. The number of carboxylic acid groups (broad SMARTS) is 1. The van der Waals surface area contributed by atoms with Crippen molar-refractivity contribution in [3.63, 3.8) is 0 Å². The quantitative estimate of drug-likeness (QED) is 0.399. The lowest BCUT2D eigenvalue weighted by atomic mass is 10.1. The molecule has 1 N–H and O–H groups in total. The Balaban J connectivity index is 1.95. The zero-order valence-electron chi connectivity index (χ0n) is 16.9. The molecule has 0 aliphatic carbocycles. The van der Waals surface area contributed by atoms with Crippen molar-refractivity contribution in [3.8, 4) is 16.9 Å². The van der Waals surface area contributed by atoms with Gasteiger partial charge in [-0.25, -0.2) is 17.9 Å². The standard InChI is InChI=1S/C23H18BrN3O4S/c1-2-15-6-12-20(13-7-15)32(30,31)22-21(16-8-10-18(24)11-9-16)27(26-25-22)19-5-3-4-17(14-19)23(28)29/h3-14H,2H2,1H3,(H,28,29). The molecule has 4 aromatic rings. The van der Waals surface area contributed by atoms with E-state index in [1.807, 2.05) is 6.92 Å². The van der Waals surface area contributed by atoms with Crippen LogP contribution in [0.4, 0.5) is 0 Å². The van der Waals surface area contributed by atoms with E-state index in [-0.39, 0.29) is 21.2 Å². The van der Waals surface area contributed by atoms with Gasteiger partial charge in [0.25, 0.3) is 0 Å². The van der Waals surface area contributed by atoms with Gasteiger partial charge in [-0.15, -0.1) is 5.10 Å². The Hall–Kier alpha value is -3.30. The molecular weight excluding hydrogens is 494 g/mol. The lowest BCUT2D eigenvalue weighted by molar-refractivity contribution is 0.0697. The smallest absolute Gasteiger partial charge is 0.335 e. The fraction of sp³-hybridized carbons (Fsp3) is 0.0870. The summed E-state index contributed by atoms with van der Waals surface area (Å²) in [6, 6.07) is 19.8. The largest absolute Gasteiger partial charge is 0.478 e. The summed E-state index contributed by atoms with van der Waals surface area (Å²) in [6.07, 6.45) is 0.792. The van der Waals surface area contributed by atoms with E-state index in [4.69, 9.17) is 0 Å². The number of aromatic nitrogens is 3. The van der Waals surface area contributed by atoms with Gasteiger partial charge in [-0.2, -0.15) is 0 Å². The number of halogens is 1. The highest BCUT2D eigenvalue weighted by Gasteiger charge is 2.29. The topological polar surface area (TPSA) is 102 Å². The minimum absolute atomic E-state index is 0.0549. The van der Waals surface area contributed by atoms with Crippen LogP contribution in [0.1, 0.15) is 22.8 Å². The zero-order chi connectivity index (χ0) is 22.9. The average Bonchev–Trinajstić information content (AvgIpc) is 3.26. The molecule has 162 valence electrons. The molecule has 0 bridgehead atoms. The summed E-state index contributed by atoms with van der Waals surface area (Å²) >= 11 is 3.38. The third-order valence-electron chi connectivity index (χ3n) is 4.99. The normalized spacial score (nSPS) is 11.4. The minimum atomic E-state index is -3.99. The highest BCUT2D eigenvalue weighted by molar-refractivity contribution is 9.10. The van der Waals surface area contributed by atoms with Gasteiger partial charge < -0.3 is 5.11 Å². The molecule has 0 fully saturated rings. The molecular formula is C23H18BrN3O4S. The molecule has 0 aliphatic heterocycles. The first-order valence-electron chi connectivity index (χ1n) is 9.70. The number of hydrogen-bond donors (Lipinski definition) is 1. The van der Waals surface area contributed by atoms with Gasteiger partial charge in [-0.1, -0.05) is 58.4 Å². The number of rotatable bonds is 6. The first-order valence-corrected chi connectivity index (χ1v) is 12.0. The van der Waals surface area contributed by atoms with Crippen molar-refractivity contribution >= 4 is 31.7 Å². The van der Waals surface area contributed by atoms with Gasteiger partial charge in [0.2, 0.25) is 14.9 Å². The molecule has 0 spiro atoms. The third kappa shape index (κ3) is 4.09. The SMILES string of the molecule is CCc1ccc(S(=O)(=O)c2nnn(-c3cccc(C(=O)O)c3)c2-c2ccc(Br)cc2)cc1. The monoisotopic (exact) mass is 511 g/mol. The number of benzene rings is 3. The van der Waals surface area contributed by atoms with Crippen molar-refractivity contribution in [1.29, 1.82) is 0 Å². The Morgan fingerprint density at radius 2 is 1.72 bits per heavy atom. The van der Waals surface area contributed by atoms with Crippen molar-refractivity contribution in [1.82, 2.24) is 15.0 Å². The highest BCUT2D eigenvalue weighted by Crippen LogP contribution is 2.32. The molecule has 0 radical (unpaired) electrons. The fourth-order valence-corrected chi connectivity index (χ4v) is 4.85. The molecule has 1 aromatic heterocycles. The van der Waals surface area contributed by atoms with E-state index in [9.17, 15) is 18.3 Å². The van der Waals surface area contributed by atoms with Gasteiger partial charge in [-0.05, 0) is 54.4 Å². The van der Waals surface area contributed by atoms with Crippen LogP contribution in [0.25, 0.3) is 16.9 Å². The Labute approximate surface area is 193 Å². The van der Waals surface area contributed by atoms with Crippen molar-refractivity contribution in [2.24, 2.45) is 0 Å². The lowest BCUT2D eigenvalue weighted by Crippen LogP contribution is -2.06. The fourth-order valence-electron chi connectivity index (χ4n) is 3.27. The molecule has 0 amide bonds. The maximum atomic E-state index is 13.5. The maximum absolute atomic E-state index is 13.5. The van der Waals surface area contributed by atoms with Gasteiger partial charge in [0.05, 0.1) is 16.1 Å². The van der Waals surface area contributed by atoms with Gasteiger partial charge in [-0.3, -0.25) is 0 Å². The van der Waals surface area contributed by atoms with Gasteiger partial charge >= 0.3 is 5.97 Å². The molecule has 4 rings (SSSR count). The van der Waals surface area contributed by atoms with Gasteiger partial charge in [0, 0.05) is 10.0 Å². The molecule has 3 aromatic carbocycles. The van der Waals surface area contributed by atoms with E-state index >= 15 is 0 Å². The highest BCUT2D eigenvalue weighted by atomic mass is 79.9. The number of aryl methyl sites for hydroxylation is 1. The van der Waals surface area contributed by atoms with E-state index in [1.165, 1.54) is 16.8 Å². The number of carboxylic acids is 1. The van der Waals surface area contributed by atoms with Crippen LogP contribution in [-0.2, 0) is 16.3 Å². The predicted molar refractivity (Wildman–Crippen MR) is 123 cm³/mol. The van der Waals surface area contributed by atoms with E-state index in [2.05, 4.69) is 26.2 Å². The summed E-state index contributed by atoms with van der Waals surface area (Å²) in [5.41, 5.74) is 2.28. The molecule has 32 heavy (non-hydrogen) atoms. The molecule has 0 saturated carbocycles. The number of sulfone groups is 1. The second-order valence-electron chi connectivity index (χ2n) is 7.02. The van der Waals surface area contributed by atoms with Crippen LogP contribution in [0.3, 0.4) is 0 Å². The first-order chi connectivity index (χ1) is 15.3. The van der Waals surface area contributed by atoms with Crippen LogP contribution >= 0.6 is 15.9 Å². The number of aromatic carboxylic acids is 1. The van der Waals surface area contributed by atoms with Crippen LogP contribution in [0, 0.1) is 0 Å². The summed E-state index contributed by atoms with van der Waals surface area (Å²) in [5, 5.41) is 17.3. The Morgan fingerprint density at radius 1 is 1.03 bits per heavy atom. The maximum Gasteiger partial charge on any atom is 0.335 e. The summed E-state index contributed by atoms with van der Waals surface area (Å²) in [4.78, 5) is 11.5. The van der Waals surface area contributed by atoms with Crippen LogP contribution in [0.15, 0.2) is 87.2 Å². The second kappa shape index (κ2) is 8.68.